The molecule has 0 atom stereocenters. The highest BCUT2D eigenvalue weighted by atomic mass is 15.3. The number of hydrogen-bond donors (Lipinski definition) is 0. The summed E-state index contributed by atoms with van der Waals surface area (Å²) >= 11 is 0. The average molecular weight is 1040 g/mol. The third-order valence-electron chi connectivity index (χ3n) is 17.5. The molecule has 0 aliphatic heterocycles. The van der Waals surface area contributed by atoms with Crippen LogP contribution in [0.2, 0.25) is 0 Å². The molecule has 0 amide bonds. The van der Waals surface area contributed by atoms with Crippen LogP contribution >= 0.6 is 0 Å². The lowest BCUT2D eigenvalue weighted by Gasteiger charge is -2.28. The molecule has 0 unspecified atom stereocenters. The largest absolute Gasteiger partial charge is 0.309 e. The fraction of sp³-hybridized carbons (Fsp3) is 0.118. The lowest BCUT2D eigenvalue weighted by Crippen LogP contribution is -2.17. The molecule has 0 bridgehead atoms. The number of aromatic nitrogens is 4. The lowest BCUT2D eigenvalue weighted by atomic mass is 9.82. The van der Waals surface area contributed by atoms with E-state index >= 15 is 0 Å². The van der Waals surface area contributed by atoms with Gasteiger partial charge in [0.25, 0.3) is 0 Å². The van der Waals surface area contributed by atoms with Gasteiger partial charge in [-0.25, -0.2) is 4.98 Å². The zero-order valence-electron chi connectivity index (χ0n) is 46.2. The van der Waals surface area contributed by atoms with Crippen molar-refractivity contribution >= 4 is 44.7 Å². The van der Waals surface area contributed by atoms with Crippen molar-refractivity contribution in [2.24, 2.45) is 0 Å². The normalized spacial score (nSPS) is 14.4. The van der Waals surface area contributed by atoms with Crippen LogP contribution in [0.1, 0.15) is 73.9 Å². The maximum Gasteiger partial charge on any atom is 0.238 e. The maximum atomic E-state index is 5.54. The number of allylic oxidation sites excluding steroid dienone is 4. The first-order chi connectivity index (χ1) is 39.6. The number of rotatable bonds is 9. The highest BCUT2D eigenvalue weighted by Crippen LogP contribution is 2.55. The monoisotopic (exact) mass is 1040 g/mol. The van der Waals surface area contributed by atoms with E-state index in [4.69, 9.17) is 15.0 Å². The molecule has 0 saturated heterocycles. The Labute approximate surface area is 473 Å². The zero-order chi connectivity index (χ0) is 54.6. The Balaban J connectivity index is 1.02. The molecular weight excluding hydrogens is 983 g/mol. The van der Waals surface area contributed by atoms with Crippen molar-refractivity contribution in [1.82, 2.24) is 19.5 Å². The molecule has 2 aromatic heterocycles. The van der Waals surface area contributed by atoms with E-state index in [1.807, 2.05) is 18.2 Å². The van der Waals surface area contributed by atoms with E-state index in [1.165, 1.54) is 77.5 Å². The number of benzene rings is 10. The molecule has 10 aromatic carbocycles. The number of para-hydroxylation sites is 2. The number of anilines is 3. The van der Waals surface area contributed by atoms with Gasteiger partial charge in [-0.05, 0) is 141 Å². The Bertz CT molecular complexity index is 4460. The minimum atomic E-state index is -0.201. The first-order valence-electron chi connectivity index (χ1n) is 28.4. The maximum absolute atomic E-state index is 5.54. The van der Waals surface area contributed by atoms with Crippen molar-refractivity contribution in [2.75, 3.05) is 4.90 Å². The van der Waals surface area contributed by atoms with E-state index in [1.54, 1.807) is 0 Å². The molecule has 388 valence electrons. The van der Waals surface area contributed by atoms with Crippen LogP contribution in [0.15, 0.2) is 243 Å². The van der Waals surface area contributed by atoms with E-state index in [2.05, 4.69) is 269 Å². The van der Waals surface area contributed by atoms with Gasteiger partial charge in [0.15, 0.2) is 11.6 Å². The van der Waals surface area contributed by atoms with Crippen LogP contribution in [0.4, 0.5) is 17.3 Å². The number of nitrogens with zero attached hydrogens (tertiary/aromatic N) is 5. The molecule has 12 aromatic rings. The zero-order valence-corrected chi connectivity index (χ0v) is 46.2. The van der Waals surface area contributed by atoms with Crippen LogP contribution in [-0.4, -0.2) is 19.5 Å². The Kier molecular flexibility index (Phi) is 11.2. The summed E-state index contributed by atoms with van der Waals surface area (Å²) in [6, 6.07) is 82.3. The first kappa shape index (κ1) is 48.4. The third-order valence-corrected chi connectivity index (χ3v) is 17.5. The van der Waals surface area contributed by atoms with E-state index in [-0.39, 0.29) is 10.8 Å². The van der Waals surface area contributed by atoms with Crippen LogP contribution in [0.3, 0.4) is 0 Å². The predicted octanol–water partition coefficient (Wildman–Crippen LogP) is 19.8. The Morgan fingerprint density at radius 1 is 0.407 bits per heavy atom. The van der Waals surface area contributed by atoms with Crippen LogP contribution < -0.4 is 4.90 Å². The molecule has 0 fully saturated rings. The standard InChI is InChI=1S/C76H59N5/c1-48-37-39-52(40-38-48)73-77-72(51-27-13-8-14-28-51)78-74(79-73)80(55-42-53(49-23-9-6-10-24-49)41-54(43-55)50-25-11-7-12-26-50)68-35-21-17-31-58(68)59-32-18-22-36-69(59)81-70-46-66-60(56-29-15-19-33-64(56)75(66,2)3)44-62(70)63-45-61-57-30-16-20-34-65(57)76(4,5)67(61)47-71(63)81/h6,8-11,13-47H,7,12H2,1-5H3. The molecule has 0 N–H and O–H groups in total. The van der Waals surface area contributed by atoms with Gasteiger partial charge in [0.2, 0.25) is 5.95 Å². The van der Waals surface area contributed by atoms with Crippen molar-refractivity contribution in [3.05, 3.63) is 276 Å². The van der Waals surface area contributed by atoms with Crippen LogP contribution in [0.25, 0.3) is 100 Å². The molecule has 0 saturated carbocycles. The summed E-state index contributed by atoms with van der Waals surface area (Å²) < 4.78 is 2.57. The second-order valence-electron chi connectivity index (χ2n) is 23.2. The second kappa shape index (κ2) is 18.7. The molecule has 5 heteroatoms. The summed E-state index contributed by atoms with van der Waals surface area (Å²) in [5, 5.41) is 2.48. The van der Waals surface area contributed by atoms with Crippen LogP contribution in [0, 0.1) is 6.92 Å². The number of fused-ring (bicyclic) bond motifs is 9. The summed E-state index contributed by atoms with van der Waals surface area (Å²) in [6.07, 6.45) is 8.93. The highest BCUT2D eigenvalue weighted by molar-refractivity contribution is 6.14. The Morgan fingerprint density at radius 2 is 0.926 bits per heavy atom. The quantitative estimate of drug-likeness (QED) is 0.145. The highest BCUT2D eigenvalue weighted by Gasteiger charge is 2.39. The molecule has 15 rings (SSSR count). The van der Waals surface area contributed by atoms with Gasteiger partial charge >= 0.3 is 0 Å². The summed E-state index contributed by atoms with van der Waals surface area (Å²) in [5.74, 6) is 1.71. The molecule has 81 heavy (non-hydrogen) atoms. The second-order valence-corrected chi connectivity index (χ2v) is 23.2. The summed E-state index contributed by atoms with van der Waals surface area (Å²) in [7, 11) is 0. The Hall–Kier alpha value is -9.71. The molecular formula is C76H59N5. The van der Waals surface area contributed by atoms with Gasteiger partial charge in [-0.3, -0.25) is 4.90 Å². The number of hydrogen-bond acceptors (Lipinski definition) is 4. The van der Waals surface area contributed by atoms with E-state index in [9.17, 15) is 0 Å². The molecule has 2 heterocycles. The lowest BCUT2D eigenvalue weighted by molar-refractivity contribution is 0.660. The minimum Gasteiger partial charge on any atom is -0.309 e. The fourth-order valence-corrected chi connectivity index (χ4v) is 13.4. The molecule has 5 nitrogen and oxygen atoms in total. The molecule has 3 aliphatic rings. The van der Waals surface area contributed by atoms with Gasteiger partial charge in [-0.1, -0.05) is 221 Å². The van der Waals surface area contributed by atoms with E-state index in [0.717, 1.165) is 68.8 Å². The summed E-state index contributed by atoms with van der Waals surface area (Å²) in [5.41, 5.74) is 25.2. The SMILES string of the molecule is Cc1ccc(-c2nc(-c3ccccc3)nc(N(c3cc(C4=CCCC=C4)cc(-c4ccccc4)c3)c3ccccc3-c3ccccc3-n3c4cc5c(cc4c4cc6c(cc43)C(C)(C)c3ccccc3-6)-c3ccccc3C5(C)C)n2)cc1. The van der Waals surface area contributed by atoms with Crippen LogP contribution in [0.5, 0.6) is 0 Å². The summed E-state index contributed by atoms with van der Waals surface area (Å²) in [4.78, 5) is 18.6. The first-order valence-corrected chi connectivity index (χ1v) is 28.4. The van der Waals surface area contributed by atoms with Gasteiger partial charge in [0.05, 0.1) is 28.1 Å². The van der Waals surface area contributed by atoms with Crippen molar-refractivity contribution in [3.8, 4) is 73.0 Å². The van der Waals surface area contributed by atoms with Crippen molar-refractivity contribution < 1.29 is 0 Å². The smallest absolute Gasteiger partial charge is 0.238 e. The average Bonchev–Trinajstić information content (AvgIpc) is 2.20. The topological polar surface area (TPSA) is 46.8 Å². The van der Waals surface area contributed by atoms with Gasteiger partial charge in [0.1, 0.15) is 0 Å². The van der Waals surface area contributed by atoms with Crippen molar-refractivity contribution in [2.45, 2.75) is 58.3 Å². The van der Waals surface area contributed by atoms with Crippen LogP contribution in [-0.2, 0) is 10.8 Å². The van der Waals surface area contributed by atoms with Crippen molar-refractivity contribution in [3.63, 3.8) is 0 Å². The Morgan fingerprint density at radius 3 is 1.53 bits per heavy atom. The van der Waals surface area contributed by atoms with E-state index < -0.39 is 0 Å². The third kappa shape index (κ3) is 7.85. The number of aryl methyl sites for hydroxylation is 1. The molecule has 0 spiro atoms. The molecule has 0 radical (unpaired) electrons. The fourth-order valence-electron chi connectivity index (χ4n) is 13.4. The van der Waals surface area contributed by atoms with Gasteiger partial charge in [-0.2, -0.15) is 9.97 Å². The summed E-state index contributed by atoms with van der Waals surface area (Å²) in [6.45, 7) is 11.7. The van der Waals surface area contributed by atoms with Gasteiger partial charge in [-0.15, -0.1) is 0 Å². The molecule has 3 aliphatic carbocycles. The minimum absolute atomic E-state index is 0.201. The predicted molar refractivity (Wildman–Crippen MR) is 337 cm³/mol. The van der Waals surface area contributed by atoms with Gasteiger partial charge in [0, 0.05) is 43.9 Å². The van der Waals surface area contributed by atoms with Gasteiger partial charge < -0.3 is 4.57 Å². The van der Waals surface area contributed by atoms with Crippen molar-refractivity contribution in [1.29, 1.82) is 0 Å². The van der Waals surface area contributed by atoms with E-state index in [0.29, 0.717) is 17.6 Å².